The number of amides is 2. The molecule has 5 aromatic rings. The number of anilines is 1. The number of aryl methyl sites for hydroxylation is 2. The summed E-state index contributed by atoms with van der Waals surface area (Å²) in [4.78, 5) is 54.7. The molecule has 1 atom stereocenters. The summed E-state index contributed by atoms with van der Waals surface area (Å²) < 4.78 is 14.9. The molecule has 14 heteroatoms. The number of ether oxygens (including phenoxy) is 2. The third-order valence-corrected chi connectivity index (χ3v) is 11.7. The molecule has 57 heavy (non-hydrogen) atoms. The number of imidazole rings is 1. The van der Waals surface area contributed by atoms with E-state index in [0.717, 1.165) is 105 Å². The number of carbonyl (C=O) groups is 2. The van der Waals surface area contributed by atoms with Crippen LogP contribution in [0.1, 0.15) is 62.1 Å². The highest BCUT2D eigenvalue weighted by atomic mass is 16.5. The Hall–Kier alpha value is -4.89. The van der Waals surface area contributed by atoms with Crippen LogP contribution in [0.15, 0.2) is 59.7 Å². The molecule has 5 heterocycles. The van der Waals surface area contributed by atoms with Crippen LogP contribution >= 0.6 is 0 Å². The maximum Gasteiger partial charge on any atom is 0.329 e. The number of rotatable bonds is 19. The molecule has 0 bridgehead atoms. The fraction of sp³-hybridized carbons (Fsp3) is 0.512. The Kier molecular flexibility index (Phi) is 12.4. The first-order chi connectivity index (χ1) is 27.9. The first kappa shape index (κ1) is 39.0. The normalized spacial score (nSPS) is 18.2. The summed E-state index contributed by atoms with van der Waals surface area (Å²) in [6, 6.07) is 14.1. The summed E-state index contributed by atoms with van der Waals surface area (Å²) in [5.74, 6) is 0.868. The van der Waals surface area contributed by atoms with E-state index >= 15 is 0 Å². The Balaban J connectivity index is 0.675. The second-order valence-corrected chi connectivity index (χ2v) is 15.8. The zero-order valence-corrected chi connectivity index (χ0v) is 33.0. The van der Waals surface area contributed by atoms with Crippen molar-refractivity contribution in [1.82, 2.24) is 39.2 Å². The Labute approximate surface area is 332 Å². The molecule has 0 unspecified atom stereocenters. The zero-order valence-electron chi connectivity index (χ0n) is 33.0. The van der Waals surface area contributed by atoms with Crippen LogP contribution in [0.2, 0.25) is 0 Å². The average Bonchev–Trinajstić information content (AvgIpc) is 3.90. The quantitative estimate of drug-likeness (QED) is 0.0800. The SMILES string of the molecule is Cn1c(=O)n([C@H]2CCC(=O)NC2=O)c2ccc(CCCOCCCOCCN3CCN(Cc4ccc(-c5c[nH]c6nc(NCCC7CC7)ncc56)cc4)CC3)cc21. The van der Waals surface area contributed by atoms with Gasteiger partial charge in [-0.2, -0.15) is 4.98 Å². The van der Waals surface area contributed by atoms with Crippen molar-refractivity contribution in [2.45, 2.75) is 64.0 Å². The molecule has 2 amide bonds. The molecule has 0 radical (unpaired) electrons. The van der Waals surface area contributed by atoms with Crippen LogP contribution in [0.3, 0.4) is 0 Å². The Morgan fingerprint density at radius 2 is 1.61 bits per heavy atom. The monoisotopic (exact) mass is 777 g/mol. The average molecular weight is 778 g/mol. The smallest absolute Gasteiger partial charge is 0.329 e. The number of imide groups is 1. The number of aromatic amines is 1. The van der Waals surface area contributed by atoms with Gasteiger partial charge in [-0.15, -0.1) is 0 Å². The van der Waals surface area contributed by atoms with E-state index in [1.807, 2.05) is 30.6 Å². The number of benzene rings is 2. The fourth-order valence-electron chi connectivity index (χ4n) is 8.08. The number of hydrogen-bond donors (Lipinski definition) is 3. The third kappa shape index (κ3) is 9.63. The lowest BCUT2D eigenvalue weighted by molar-refractivity contribution is -0.135. The van der Waals surface area contributed by atoms with E-state index in [2.05, 4.69) is 54.7 Å². The minimum absolute atomic E-state index is 0.227. The molecule has 3 aliphatic rings. The largest absolute Gasteiger partial charge is 0.381 e. The van der Waals surface area contributed by atoms with E-state index < -0.39 is 11.9 Å². The zero-order chi connectivity index (χ0) is 39.1. The van der Waals surface area contributed by atoms with Crippen LogP contribution in [0.5, 0.6) is 0 Å². The van der Waals surface area contributed by atoms with Gasteiger partial charge in [0.2, 0.25) is 17.8 Å². The van der Waals surface area contributed by atoms with E-state index in [-0.39, 0.29) is 18.0 Å². The van der Waals surface area contributed by atoms with Gasteiger partial charge in [0.1, 0.15) is 11.7 Å². The second kappa shape index (κ2) is 18.1. The van der Waals surface area contributed by atoms with Crippen LogP contribution < -0.4 is 16.3 Å². The molecular weight excluding hydrogens is 723 g/mol. The Morgan fingerprint density at radius 1 is 0.860 bits per heavy atom. The highest BCUT2D eigenvalue weighted by Crippen LogP contribution is 2.32. The number of carbonyl (C=O) groups excluding carboxylic acids is 2. The Morgan fingerprint density at radius 3 is 2.40 bits per heavy atom. The lowest BCUT2D eigenvalue weighted by Gasteiger charge is -2.34. The summed E-state index contributed by atoms with van der Waals surface area (Å²) in [5, 5.41) is 6.77. The maximum absolute atomic E-state index is 13.0. The molecule has 302 valence electrons. The van der Waals surface area contributed by atoms with Gasteiger partial charge >= 0.3 is 5.69 Å². The molecular formula is C43H55N9O5. The lowest BCUT2D eigenvalue weighted by atomic mass is 10.0. The van der Waals surface area contributed by atoms with Crippen LogP contribution in [0.25, 0.3) is 33.2 Å². The predicted molar refractivity (Wildman–Crippen MR) is 220 cm³/mol. The standard InChI is InChI=1S/C43H55N9O5/c1-49-38-26-31(9-12-36(38)52(43(49)55)37-13-14-39(53)47-41(37)54)4-2-22-56-23-3-24-57-25-21-50-17-19-51(20-18-50)29-32-7-10-33(11-8-32)34-27-45-40-35(34)28-46-42(48-40)44-16-15-30-5-6-30/h7-12,26-28,30,37H,2-6,13-25,29H2,1H3,(H,47,53,54)(H2,44,45,46,48)/t37-/m0/s1. The van der Waals surface area contributed by atoms with Crippen molar-refractivity contribution in [2.75, 3.05) is 71.0 Å². The van der Waals surface area contributed by atoms with Gasteiger partial charge in [0, 0.05) is 102 Å². The van der Waals surface area contributed by atoms with E-state index in [1.54, 1.807) is 11.6 Å². The minimum Gasteiger partial charge on any atom is -0.381 e. The summed E-state index contributed by atoms with van der Waals surface area (Å²) in [6.07, 6.45) is 11.0. The van der Waals surface area contributed by atoms with Gasteiger partial charge in [0.15, 0.2) is 0 Å². The minimum atomic E-state index is -0.674. The first-order valence-corrected chi connectivity index (χ1v) is 20.7. The van der Waals surface area contributed by atoms with Gasteiger partial charge in [0.05, 0.1) is 17.6 Å². The third-order valence-electron chi connectivity index (χ3n) is 11.7. The van der Waals surface area contributed by atoms with Crippen molar-refractivity contribution >= 4 is 39.8 Å². The number of hydrogen-bond acceptors (Lipinski definition) is 10. The molecule has 2 aliphatic heterocycles. The van der Waals surface area contributed by atoms with Crippen molar-refractivity contribution in [3.8, 4) is 11.1 Å². The fourth-order valence-corrected chi connectivity index (χ4v) is 8.08. The topological polar surface area (TPSA) is 152 Å². The van der Waals surface area contributed by atoms with Crippen LogP contribution in [0.4, 0.5) is 5.95 Å². The Bertz CT molecular complexity index is 2220. The van der Waals surface area contributed by atoms with Crippen molar-refractivity contribution in [2.24, 2.45) is 13.0 Å². The number of fused-ring (bicyclic) bond motifs is 2. The van der Waals surface area contributed by atoms with Gasteiger partial charge in [-0.25, -0.2) is 9.78 Å². The van der Waals surface area contributed by atoms with Gasteiger partial charge in [-0.05, 0) is 66.8 Å². The molecule has 1 saturated carbocycles. The van der Waals surface area contributed by atoms with Crippen molar-refractivity contribution < 1.29 is 19.1 Å². The summed E-state index contributed by atoms with van der Waals surface area (Å²) in [5.41, 5.74) is 6.83. The molecule has 3 fully saturated rings. The number of H-pyrrole nitrogens is 1. The molecule has 2 aromatic carbocycles. The summed E-state index contributed by atoms with van der Waals surface area (Å²) in [7, 11) is 1.72. The van der Waals surface area contributed by atoms with Crippen LogP contribution in [-0.2, 0) is 39.1 Å². The van der Waals surface area contributed by atoms with E-state index in [1.165, 1.54) is 35.0 Å². The van der Waals surface area contributed by atoms with Crippen molar-refractivity contribution in [1.29, 1.82) is 0 Å². The van der Waals surface area contributed by atoms with Gasteiger partial charge in [0.25, 0.3) is 0 Å². The van der Waals surface area contributed by atoms with Gasteiger partial charge in [-0.1, -0.05) is 43.2 Å². The highest BCUT2D eigenvalue weighted by molar-refractivity contribution is 6.00. The first-order valence-electron chi connectivity index (χ1n) is 20.7. The molecule has 3 aromatic heterocycles. The lowest BCUT2D eigenvalue weighted by Crippen LogP contribution is -2.46. The predicted octanol–water partition coefficient (Wildman–Crippen LogP) is 4.64. The van der Waals surface area contributed by atoms with E-state index in [4.69, 9.17) is 14.5 Å². The van der Waals surface area contributed by atoms with Crippen LogP contribution in [-0.4, -0.2) is 111 Å². The molecule has 1 aliphatic carbocycles. The van der Waals surface area contributed by atoms with Crippen LogP contribution in [0, 0.1) is 5.92 Å². The second-order valence-electron chi connectivity index (χ2n) is 15.8. The molecule has 3 N–H and O–H groups in total. The number of nitrogens with one attached hydrogen (secondary N) is 3. The maximum atomic E-state index is 13.0. The number of piperazine rings is 1. The molecule has 8 rings (SSSR count). The molecule has 0 spiro atoms. The number of piperidine rings is 1. The van der Waals surface area contributed by atoms with Crippen molar-refractivity contribution in [3.63, 3.8) is 0 Å². The van der Waals surface area contributed by atoms with E-state index in [9.17, 15) is 14.4 Å². The van der Waals surface area contributed by atoms with E-state index in [0.29, 0.717) is 37.7 Å². The van der Waals surface area contributed by atoms with Gasteiger partial charge in [-0.3, -0.25) is 33.8 Å². The number of nitrogens with zero attached hydrogens (tertiary/aromatic N) is 6. The highest BCUT2D eigenvalue weighted by Gasteiger charge is 2.31. The van der Waals surface area contributed by atoms with Crippen molar-refractivity contribution in [3.05, 3.63) is 76.5 Å². The molecule has 14 nitrogen and oxygen atoms in total. The van der Waals surface area contributed by atoms with Gasteiger partial charge < -0.3 is 19.8 Å². The number of aromatic nitrogens is 5. The summed E-state index contributed by atoms with van der Waals surface area (Å²) >= 11 is 0. The summed E-state index contributed by atoms with van der Waals surface area (Å²) in [6.45, 7) is 9.76. The molecule has 2 saturated heterocycles.